The Morgan fingerprint density at radius 1 is 0.731 bits per heavy atom. The molecule has 0 saturated heterocycles. The van der Waals surface area contributed by atoms with Crippen molar-refractivity contribution in [2.75, 3.05) is 0 Å². The van der Waals surface area contributed by atoms with Gasteiger partial charge in [0.15, 0.2) is 18.5 Å². The number of alkyl halides is 11. The van der Waals surface area contributed by atoms with Crippen LogP contribution in [0.2, 0.25) is 0 Å². The van der Waals surface area contributed by atoms with Crippen molar-refractivity contribution in [2.24, 2.45) is 0 Å². The van der Waals surface area contributed by atoms with E-state index in [0.717, 1.165) is 0 Å². The summed E-state index contributed by atoms with van der Waals surface area (Å²) in [4.78, 5) is 0. The fourth-order valence-electron chi connectivity index (χ4n) is 1.47. The van der Waals surface area contributed by atoms with Crippen LogP contribution >= 0.6 is 33.2 Å². The van der Waals surface area contributed by atoms with E-state index in [2.05, 4.69) is 0 Å². The van der Waals surface area contributed by atoms with E-state index in [1.165, 1.54) is 0 Å². The van der Waals surface area contributed by atoms with Gasteiger partial charge in [-0.25, -0.2) is 26.3 Å². The maximum absolute atomic E-state index is 13.4. The standard InChI is InChI=1S/C10H7Cl3F12Si/c11-26(12,13)7(19)9(22,23)10(24,25)8(20,21)6(18)5(17)4(16)3(15)1-2-14/h1-7H/b2-1+. The Labute approximate surface area is 153 Å². The first-order valence-corrected chi connectivity index (χ1v) is 11.2. The molecule has 16 heteroatoms. The summed E-state index contributed by atoms with van der Waals surface area (Å²) in [5.41, 5.74) is 0. The van der Waals surface area contributed by atoms with Crippen LogP contribution in [0.4, 0.5) is 52.7 Å². The minimum absolute atomic E-state index is 0.430. The van der Waals surface area contributed by atoms with Crippen LogP contribution in [0.3, 0.4) is 0 Å². The highest BCUT2D eigenvalue weighted by molar-refractivity contribution is 7.65. The molecule has 5 unspecified atom stereocenters. The molecular weight excluding hydrogens is 483 g/mol. The van der Waals surface area contributed by atoms with Gasteiger partial charge in [0, 0.05) is 0 Å². The molecule has 5 atom stereocenters. The number of hydrogen-bond acceptors (Lipinski definition) is 0. The molecule has 0 fully saturated rings. The molecule has 0 heterocycles. The van der Waals surface area contributed by atoms with Gasteiger partial charge in [0.1, 0.15) is 0 Å². The Kier molecular flexibility index (Phi) is 8.55. The monoisotopic (exact) mass is 488 g/mol. The Balaban J connectivity index is 5.82. The van der Waals surface area contributed by atoms with Crippen LogP contribution in [0.15, 0.2) is 12.4 Å². The summed E-state index contributed by atoms with van der Waals surface area (Å²) in [7, 11) is 0. The Bertz CT molecular complexity index is 496. The van der Waals surface area contributed by atoms with Gasteiger partial charge in [-0.2, -0.15) is 26.3 Å². The number of rotatable bonds is 9. The van der Waals surface area contributed by atoms with Gasteiger partial charge in [0.2, 0.25) is 12.0 Å². The number of hydrogen-bond donors (Lipinski definition) is 0. The van der Waals surface area contributed by atoms with Crippen LogP contribution in [0, 0.1) is 0 Å². The maximum atomic E-state index is 13.4. The molecule has 156 valence electrons. The van der Waals surface area contributed by atoms with Gasteiger partial charge in [-0.15, -0.1) is 33.2 Å². The Hall–Kier alpha value is -0.0131. The summed E-state index contributed by atoms with van der Waals surface area (Å²) in [5.74, 6) is -24.8. The van der Waals surface area contributed by atoms with Crippen molar-refractivity contribution < 1.29 is 52.7 Å². The summed E-state index contributed by atoms with van der Waals surface area (Å²) < 4.78 is 158. The maximum Gasteiger partial charge on any atom is 0.381 e. The van der Waals surface area contributed by atoms with Crippen molar-refractivity contribution in [3.8, 4) is 0 Å². The molecule has 0 aliphatic rings. The van der Waals surface area contributed by atoms with Crippen LogP contribution < -0.4 is 0 Å². The zero-order valence-electron chi connectivity index (χ0n) is 11.7. The molecule has 0 spiro atoms. The van der Waals surface area contributed by atoms with E-state index >= 15 is 0 Å². The van der Waals surface area contributed by atoms with E-state index in [-0.39, 0.29) is 0 Å². The summed E-state index contributed by atoms with van der Waals surface area (Å²) in [6.45, 7) is 0. The van der Waals surface area contributed by atoms with Gasteiger partial charge < -0.3 is 0 Å². The lowest BCUT2D eigenvalue weighted by Gasteiger charge is -2.37. The van der Waals surface area contributed by atoms with Crippen molar-refractivity contribution in [3.05, 3.63) is 12.4 Å². The first-order chi connectivity index (χ1) is 11.4. The van der Waals surface area contributed by atoms with E-state index in [1.54, 1.807) is 0 Å². The molecule has 0 aliphatic heterocycles. The first-order valence-electron chi connectivity index (χ1n) is 6.04. The summed E-state index contributed by atoms with van der Waals surface area (Å²) in [6, 6.07) is -5.41. The third-order valence-corrected chi connectivity index (χ3v) is 5.60. The number of halogens is 15. The fourth-order valence-corrected chi connectivity index (χ4v) is 3.30. The van der Waals surface area contributed by atoms with Crippen molar-refractivity contribution in [1.29, 1.82) is 0 Å². The molecule has 0 aromatic rings. The molecule has 0 N–H and O–H groups in total. The first kappa shape index (κ1) is 26.0. The molecule has 26 heavy (non-hydrogen) atoms. The van der Waals surface area contributed by atoms with Crippen LogP contribution in [0.25, 0.3) is 0 Å². The van der Waals surface area contributed by atoms with Gasteiger partial charge in [0.25, 0.3) is 0 Å². The number of allylic oxidation sites excluding steroid dienone is 1. The quantitative estimate of drug-likeness (QED) is 0.204. The average molecular weight is 490 g/mol. The van der Waals surface area contributed by atoms with E-state index in [4.69, 9.17) is 33.2 Å². The van der Waals surface area contributed by atoms with Gasteiger partial charge in [-0.3, -0.25) is 0 Å². The predicted molar refractivity (Wildman–Crippen MR) is 72.9 cm³/mol. The smallest absolute Gasteiger partial charge is 0.241 e. The largest absolute Gasteiger partial charge is 0.381 e. The highest BCUT2D eigenvalue weighted by Crippen LogP contribution is 2.53. The molecule has 0 bridgehead atoms. The highest BCUT2D eigenvalue weighted by atomic mass is 35.8. The molecule has 0 rings (SSSR count). The molecule has 0 saturated carbocycles. The lowest BCUT2D eigenvalue weighted by molar-refractivity contribution is -0.337. The van der Waals surface area contributed by atoms with Crippen LogP contribution in [-0.4, -0.2) is 54.3 Å². The van der Waals surface area contributed by atoms with Crippen LogP contribution in [-0.2, 0) is 0 Å². The Morgan fingerprint density at radius 3 is 1.50 bits per heavy atom. The zero-order valence-corrected chi connectivity index (χ0v) is 15.0. The molecule has 0 radical (unpaired) electrons. The normalized spacial score (nSPS) is 20.7. The van der Waals surface area contributed by atoms with Crippen molar-refractivity contribution in [1.82, 2.24) is 0 Å². The summed E-state index contributed by atoms with van der Waals surface area (Å²) >= 11 is 14.1. The molecular formula is C10H7Cl3F12Si. The molecule has 0 aromatic carbocycles. The average Bonchev–Trinajstić information content (AvgIpc) is 2.50. The second kappa shape index (κ2) is 8.56. The van der Waals surface area contributed by atoms with Crippen LogP contribution in [0.1, 0.15) is 0 Å². The fraction of sp³-hybridized carbons (Fsp3) is 0.800. The topological polar surface area (TPSA) is 0 Å². The van der Waals surface area contributed by atoms with Gasteiger partial charge in [-0.05, 0) is 6.08 Å². The van der Waals surface area contributed by atoms with Gasteiger partial charge in [-0.1, -0.05) is 0 Å². The molecule has 0 nitrogen and oxygen atoms in total. The van der Waals surface area contributed by atoms with Crippen LogP contribution in [0.5, 0.6) is 0 Å². The second-order valence-electron chi connectivity index (χ2n) is 4.78. The SMILES string of the molecule is F/C=C/C(F)C(F)C(F)C(F)C(F)(F)C(F)(F)C(F)(F)C(F)[Si](Cl)(Cl)Cl. The molecule has 0 aromatic heterocycles. The van der Waals surface area contributed by atoms with Gasteiger partial charge in [0.05, 0.1) is 6.33 Å². The van der Waals surface area contributed by atoms with Gasteiger partial charge >= 0.3 is 23.8 Å². The summed E-state index contributed by atoms with van der Waals surface area (Å²) in [6.07, 6.45) is -18.1. The highest BCUT2D eigenvalue weighted by Gasteiger charge is 2.80. The van der Waals surface area contributed by atoms with Crippen molar-refractivity contribution in [2.45, 2.75) is 48.2 Å². The Morgan fingerprint density at radius 2 is 1.15 bits per heavy atom. The lowest BCUT2D eigenvalue weighted by Crippen LogP contribution is -2.66. The predicted octanol–water partition coefficient (Wildman–Crippen LogP) is 6.26. The minimum Gasteiger partial charge on any atom is -0.241 e. The third-order valence-electron chi connectivity index (χ3n) is 2.93. The van der Waals surface area contributed by atoms with E-state index in [1.807, 2.05) is 0 Å². The summed E-state index contributed by atoms with van der Waals surface area (Å²) in [5, 5.41) is 0. The van der Waals surface area contributed by atoms with E-state index in [9.17, 15) is 52.7 Å². The lowest BCUT2D eigenvalue weighted by atomic mass is 9.95. The zero-order chi connectivity index (χ0) is 21.3. The molecule has 0 aliphatic carbocycles. The molecule has 0 amide bonds. The third kappa shape index (κ3) is 4.88. The second-order valence-corrected chi connectivity index (χ2v) is 13.5. The minimum atomic E-state index is -7.01. The van der Waals surface area contributed by atoms with Crippen molar-refractivity contribution >= 4 is 39.2 Å². The van der Waals surface area contributed by atoms with Crippen molar-refractivity contribution in [3.63, 3.8) is 0 Å². The van der Waals surface area contributed by atoms with E-state index < -0.39 is 66.7 Å². The van der Waals surface area contributed by atoms with E-state index in [0.29, 0.717) is 0 Å².